The van der Waals surface area contributed by atoms with Crippen molar-refractivity contribution >= 4 is 23.1 Å². The molecule has 1 heterocycles. The lowest BCUT2D eigenvalue weighted by atomic mass is 10.1. The highest BCUT2D eigenvalue weighted by Crippen LogP contribution is 2.05. The highest BCUT2D eigenvalue weighted by atomic mass is 32.1. The minimum absolute atomic E-state index is 0.0802. The second-order valence-electron chi connectivity index (χ2n) is 4.54. The van der Waals surface area contributed by atoms with Gasteiger partial charge in [-0.05, 0) is 13.8 Å². The zero-order chi connectivity index (χ0) is 14.6. The van der Waals surface area contributed by atoms with Crippen LogP contribution in [0.15, 0.2) is 17.1 Å². The number of carbonyl (C=O) groups excluding carboxylic acids is 1. The Morgan fingerprint density at radius 3 is 2.68 bits per heavy atom. The number of aryl methyl sites for hydroxylation is 1. The fourth-order valence-electron chi connectivity index (χ4n) is 1.69. The summed E-state index contributed by atoms with van der Waals surface area (Å²) in [5, 5.41) is 0. The number of aromatic amines is 1. The second kappa shape index (κ2) is 6.47. The van der Waals surface area contributed by atoms with Crippen LogP contribution in [-0.4, -0.2) is 33.9 Å². The van der Waals surface area contributed by atoms with Gasteiger partial charge in [-0.1, -0.05) is 19.1 Å². The maximum Gasteiger partial charge on any atom is 0.259 e. The Balaban J connectivity index is 2.96. The van der Waals surface area contributed by atoms with Crippen LogP contribution >= 0.6 is 12.2 Å². The van der Waals surface area contributed by atoms with E-state index >= 15 is 0 Å². The summed E-state index contributed by atoms with van der Waals surface area (Å²) < 4.78 is 0. The lowest BCUT2D eigenvalue weighted by molar-refractivity contribution is 0.0753. The third-order valence-corrected chi connectivity index (χ3v) is 3.34. The first-order valence-corrected chi connectivity index (χ1v) is 6.55. The Bertz CT molecular complexity index is 539. The summed E-state index contributed by atoms with van der Waals surface area (Å²) in [4.78, 5) is 28.9. The van der Waals surface area contributed by atoms with Crippen molar-refractivity contribution in [2.24, 2.45) is 11.7 Å². The van der Waals surface area contributed by atoms with E-state index in [4.69, 9.17) is 18.0 Å². The Hall–Kier alpha value is -1.69. The number of nitrogens with zero attached hydrogens (tertiary/aromatic N) is 1. The van der Waals surface area contributed by atoms with Crippen molar-refractivity contribution in [3.8, 4) is 0 Å². The van der Waals surface area contributed by atoms with Crippen molar-refractivity contribution in [2.75, 3.05) is 13.1 Å². The third-order valence-electron chi connectivity index (χ3n) is 2.94. The summed E-state index contributed by atoms with van der Waals surface area (Å²) in [5.74, 6) is -0.379. The second-order valence-corrected chi connectivity index (χ2v) is 5.01. The van der Waals surface area contributed by atoms with E-state index < -0.39 is 0 Å². The molecule has 3 N–H and O–H groups in total. The number of nitrogens with one attached hydrogen (secondary N) is 1. The zero-order valence-electron chi connectivity index (χ0n) is 11.4. The molecule has 1 rings (SSSR count). The van der Waals surface area contributed by atoms with Gasteiger partial charge < -0.3 is 15.6 Å². The molecule has 1 aromatic rings. The molecule has 5 nitrogen and oxygen atoms in total. The summed E-state index contributed by atoms with van der Waals surface area (Å²) in [7, 11) is 0. The normalized spacial score (nSPS) is 11.9. The number of hydrogen-bond acceptors (Lipinski definition) is 3. The summed E-state index contributed by atoms with van der Waals surface area (Å²) in [6.45, 7) is 6.39. The molecule has 1 atom stereocenters. The molecule has 0 aliphatic carbocycles. The van der Waals surface area contributed by atoms with Crippen molar-refractivity contribution in [1.82, 2.24) is 9.88 Å². The third kappa shape index (κ3) is 3.89. The van der Waals surface area contributed by atoms with Crippen LogP contribution in [0.1, 0.15) is 29.9 Å². The molecule has 19 heavy (non-hydrogen) atoms. The molecule has 0 radical (unpaired) electrons. The molecule has 0 spiro atoms. The first kappa shape index (κ1) is 15.4. The molecular formula is C13H19N3O2S. The number of rotatable bonds is 5. The van der Waals surface area contributed by atoms with Crippen LogP contribution in [0.5, 0.6) is 0 Å². The Kier molecular flexibility index (Phi) is 5.23. The van der Waals surface area contributed by atoms with Gasteiger partial charge in [-0.2, -0.15) is 0 Å². The molecule has 0 aliphatic rings. The standard InChI is InChI=1S/C13H19N3O2S/c1-4-16(7-8(2)12(14)19)13(18)10-6-15-9(3)5-11(10)17/h5-6,8H,4,7H2,1-3H3,(H2,14,19)(H,15,17). The van der Waals surface area contributed by atoms with Gasteiger partial charge >= 0.3 is 0 Å². The molecule has 0 aliphatic heterocycles. The van der Waals surface area contributed by atoms with Gasteiger partial charge in [0, 0.05) is 37.0 Å². The van der Waals surface area contributed by atoms with E-state index in [-0.39, 0.29) is 22.8 Å². The number of hydrogen-bond donors (Lipinski definition) is 2. The van der Waals surface area contributed by atoms with Gasteiger partial charge in [-0.25, -0.2) is 0 Å². The van der Waals surface area contributed by atoms with Crippen LogP contribution in [-0.2, 0) is 0 Å². The summed E-state index contributed by atoms with van der Waals surface area (Å²) >= 11 is 4.90. The van der Waals surface area contributed by atoms with Crippen molar-refractivity contribution in [2.45, 2.75) is 20.8 Å². The lowest BCUT2D eigenvalue weighted by Crippen LogP contribution is -2.39. The van der Waals surface area contributed by atoms with Gasteiger partial charge in [0.1, 0.15) is 5.56 Å². The molecule has 0 bridgehead atoms. The molecule has 1 aromatic heterocycles. The smallest absolute Gasteiger partial charge is 0.259 e. The Morgan fingerprint density at radius 1 is 1.58 bits per heavy atom. The molecule has 0 saturated carbocycles. The SMILES string of the molecule is CCN(CC(C)C(N)=S)C(=O)c1c[nH]c(C)cc1=O. The monoisotopic (exact) mass is 281 g/mol. The quantitative estimate of drug-likeness (QED) is 0.791. The van der Waals surface area contributed by atoms with E-state index in [9.17, 15) is 9.59 Å². The van der Waals surface area contributed by atoms with Crippen LogP contribution < -0.4 is 11.2 Å². The fourth-order valence-corrected chi connectivity index (χ4v) is 1.76. The van der Waals surface area contributed by atoms with E-state index in [0.717, 1.165) is 5.69 Å². The number of pyridine rings is 1. The lowest BCUT2D eigenvalue weighted by Gasteiger charge is -2.23. The average molecular weight is 281 g/mol. The molecule has 0 aromatic carbocycles. The van der Waals surface area contributed by atoms with Gasteiger partial charge in [0.05, 0.1) is 4.99 Å². The maximum absolute atomic E-state index is 12.3. The van der Waals surface area contributed by atoms with Crippen LogP contribution in [0.3, 0.4) is 0 Å². The topological polar surface area (TPSA) is 79.2 Å². The summed E-state index contributed by atoms with van der Waals surface area (Å²) in [6.07, 6.45) is 1.45. The number of thiocarbonyl (C=S) groups is 1. The molecule has 0 fully saturated rings. The minimum Gasteiger partial charge on any atom is -0.393 e. The fraction of sp³-hybridized carbons (Fsp3) is 0.462. The maximum atomic E-state index is 12.3. The Labute approximate surface area is 117 Å². The highest BCUT2D eigenvalue weighted by Gasteiger charge is 2.20. The highest BCUT2D eigenvalue weighted by molar-refractivity contribution is 7.80. The largest absolute Gasteiger partial charge is 0.393 e. The van der Waals surface area contributed by atoms with E-state index in [1.54, 1.807) is 11.8 Å². The first-order chi connectivity index (χ1) is 8.86. The van der Waals surface area contributed by atoms with Crippen LogP contribution in [0.4, 0.5) is 0 Å². The molecule has 104 valence electrons. The van der Waals surface area contributed by atoms with E-state index in [1.165, 1.54) is 12.3 Å². The van der Waals surface area contributed by atoms with Crippen LogP contribution in [0.25, 0.3) is 0 Å². The molecule has 6 heteroatoms. The first-order valence-electron chi connectivity index (χ1n) is 6.14. The van der Waals surface area contributed by atoms with Gasteiger partial charge in [-0.15, -0.1) is 0 Å². The van der Waals surface area contributed by atoms with Gasteiger partial charge in [-0.3, -0.25) is 9.59 Å². The van der Waals surface area contributed by atoms with Crippen LogP contribution in [0.2, 0.25) is 0 Å². The van der Waals surface area contributed by atoms with Crippen molar-refractivity contribution in [1.29, 1.82) is 0 Å². The molecule has 0 saturated heterocycles. The molecular weight excluding hydrogens is 262 g/mol. The van der Waals surface area contributed by atoms with Crippen molar-refractivity contribution in [3.63, 3.8) is 0 Å². The number of aromatic nitrogens is 1. The summed E-state index contributed by atoms with van der Waals surface area (Å²) in [6, 6.07) is 1.41. The minimum atomic E-state index is -0.299. The van der Waals surface area contributed by atoms with Gasteiger partial charge in [0.15, 0.2) is 5.43 Å². The number of carbonyl (C=O) groups is 1. The van der Waals surface area contributed by atoms with E-state index in [1.807, 2.05) is 13.8 Å². The van der Waals surface area contributed by atoms with Gasteiger partial charge in [0.2, 0.25) is 0 Å². The Morgan fingerprint density at radius 2 is 2.21 bits per heavy atom. The van der Waals surface area contributed by atoms with E-state index in [0.29, 0.717) is 18.1 Å². The van der Waals surface area contributed by atoms with Crippen molar-refractivity contribution < 1.29 is 4.79 Å². The predicted molar refractivity (Wildman–Crippen MR) is 79.3 cm³/mol. The van der Waals surface area contributed by atoms with Crippen molar-refractivity contribution in [3.05, 3.63) is 33.7 Å². The number of amides is 1. The number of nitrogens with two attached hydrogens (primary N) is 1. The van der Waals surface area contributed by atoms with Crippen LogP contribution in [0, 0.1) is 12.8 Å². The molecule has 1 unspecified atom stereocenters. The molecule has 1 amide bonds. The summed E-state index contributed by atoms with van der Waals surface area (Å²) in [5.41, 5.74) is 6.14. The number of H-pyrrole nitrogens is 1. The zero-order valence-corrected chi connectivity index (χ0v) is 12.2. The van der Waals surface area contributed by atoms with Gasteiger partial charge in [0.25, 0.3) is 5.91 Å². The van der Waals surface area contributed by atoms with E-state index in [2.05, 4.69) is 4.98 Å². The average Bonchev–Trinajstić information content (AvgIpc) is 2.34. The predicted octanol–water partition coefficient (Wildman–Crippen LogP) is 1.07.